The summed E-state index contributed by atoms with van der Waals surface area (Å²) < 4.78 is 41.0. The smallest absolute Gasteiger partial charge is 0.159 e. The molecule has 0 radical (unpaired) electrons. The zero-order valence-electron chi connectivity index (χ0n) is 16.1. The van der Waals surface area contributed by atoms with Gasteiger partial charge < -0.3 is 10.6 Å². The third-order valence-electron chi connectivity index (χ3n) is 4.58. The zero-order chi connectivity index (χ0) is 21.0. The highest BCUT2D eigenvalue weighted by Gasteiger charge is 2.41. The summed E-state index contributed by atoms with van der Waals surface area (Å²) in [5.41, 5.74) is 6.93. The average molecular weight is 398 g/mol. The maximum absolute atomic E-state index is 13.7. The Hall–Kier alpha value is -3.28. The normalized spacial score (nSPS) is 12.3. The van der Waals surface area contributed by atoms with Crippen molar-refractivity contribution in [3.63, 3.8) is 0 Å². The van der Waals surface area contributed by atoms with E-state index in [-0.39, 0.29) is 11.9 Å². The number of halogens is 3. The molecule has 0 aliphatic carbocycles. The predicted octanol–water partition coefficient (Wildman–Crippen LogP) is 5.14. The van der Waals surface area contributed by atoms with Gasteiger partial charge >= 0.3 is 0 Å². The molecule has 0 bridgehead atoms. The fraction of sp³-hybridized carbons (Fsp3) is 0.174. The second-order valence-electron chi connectivity index (χ2n) is 6.90. The predicted molar refractivity (Wildman–Crippen MR) is 107 cm³/mol. The monoisotopic (exact) mass is 398 g/mol. The van der Waals surface area contributed by atoms with E-state index < -0.39 is 22.9 Å². The first-order chi connectivity index (χ1) is 13.8. The molecule has 0 unspecified atom stereocenters. The van der Waals surface area contributed by atoms with Gasteiger partial charge in [0, 0.05) is 0 Å². The quantitative estimate of drug-likeness (QED) is 0.271. The van der Waals surface area contributed by atoms with Crippen LogP contribution in [0.1, 0.15) is 30.5 Å². The van der Waals surface area contributed by atoms with Gasteiger partial charge in [-0.3, -0.25) is 0 Å². The van der Waals surface area contributed by atoms with Gasteiger partial charge in [-0.1, -0.05) is 41.6 Å². The number of hydrogen-bond donors (Lipinski definition) is 1. The maximum atomic E-state index is 13.7. The lowest BCUT2D eigenvalue weighted by molar-refractivity contribution is 0.0845. The summed E-state index contributed by atoms with van der Waals surface area (Å²) in [6.45, 7) is 3.60. The molecule has 3 rings (SSSR count). The number of benzene rings is 3. The van der Waals surface area contributed by atoms with Crippen LogP contribution in [0.2, 0.25) is 0 Å². The van der Waals surface area contributed by atoms with E-state index in [0.29, 0.717) is 16.7 Å². The van der Waals surface area contributed by atoms with Crippen molar-refractivity contribution in [2.75, 3.05) is 0 Å². The van der Waals surface area contributed by atoms with E-state index >= 15 is 0 Å². The highest BCUT2D eigenvalue weighted by molar-refractivity contribution is 5.98. The van der Waals surface area contributed by atoms with Gasteiger partial charge in [0.25, 0.3) is 0 Å². The van der Waals surface area contributed by atoms with Crippen molar-refractivity contribution >= 4 is 5.84 Å². The second kappa shape index (κ2) is 8.39. The van der Waals surface area contributed by atoms with Crippen LogP contribution < -0.4 is 5.73 Å². The van der Waals surface area contributed by atoms with E-state index in [4.69, 9.17) is 10.6 Å². The van der Waals surface area contributed by atoms with Crippen LogP contribution in [-0.2, 0) is 10.3 Å². The molecule has 0 aliphatic heterocycles. The number of nitrogens with zero attached hydrogens (tertiary/aromatic N) is 1. The Kier molecular flexibility index (Phi) is 5.92. The molecular weight excluding hydrogens is 377 g/mol. The first-order valence-corrected chi connectivity index (χ1v) is 9.12. The lowest BCUT2D eigenvalue weighted by Crippen LogP contribution is -2.44. The van der Waals surface area contributed by atoms with E-state index in [1.54, 1.807) is 50.2 Å². The molecule has 6 heteroatoms. The standard InChI is InChI=1S/C23H21F3N2O/c1-15(2)29-28-22(27)23(16-3-9-19(24)10-4-16,17-5-11-20(25)12-6-17)18-7-13-21(26)14-8-18/h3-15H,1-2H3,(H2,27,28). The molecule has 0 spiro atoms. The SMILES string of the molecule is CC(C)O/N=C(\N)C(c1ccc(F)cc1)(c1ccc(F)cc1)c1ccc(F)cc1. The Morgan fingerprint density at radius 3 is 1.31 bits per heavy atom. The van der Waals surface area contributed by atoms with Crippen LogP contribution in [-0.4, -0.2) is 11.9 Å². The maximum Gasteiger partial charge on any atom is 0.159 e. The molecule has 0 saturated carbocycles. The molecule has 2 N–H and O–H groups in total. The molecule has 0 saturated heterocycles. The minimum atomic E-state index is -1.25. The summed E-state index contributed by atoms with van der Waals surface area (Å²) in [5, 5.41) is 4.11. The van der Waals surface area contributed by atoms with Crippen LogP contribution in [0.4, 0.5) is 13.2 Å². The van der Waals surface area contributed by atoms with Crippen LogP contribution in [0.15, 0.2) is 78.0 Å². The van der Waals surface area contributed by atoms with Crippen molar-refractivity contribution in [3.8, 4) is 0 Å². The van der Waals surface area contributed by atoms with Gasteiger partial charge in [-0.05, 0) is 66.9 Å². The Balaban J connectivity index is 2.37. The van der Waals surface area contributed by atoms with Gasteiger partial charge in [0.05, 0.1) is 0 Å². The van der Waals surface area contributed by atoms with Crippen LogP contribution in [0, 0.1) is 17.5 Å². The van der Waals surface area contributed by atoms with Crippen molar-refractivity contribution in [3.05, 3.63) is 107 Å². The molecule has 29 heavy (non-hydrogen) atoms. The third-order valence-corrected chi connectivity index (χ3v) is 4.58. The molecule has 0 amide bonds. The Morgan fingerprint density at radius 1 is 0.724 bits per heavy atom. The number of oxime groups is 1. The molecule has 0 aliphatic rings. The summed E-state index contributed by atoms with van der Waals surface area (Å²) >= 11 is 0. The number of amidine groups is 1. The van der Waals surface area contributed by atoms with E-state index in [2.05, 4.69) is 5.16 Å². The van der Waals surface area contributed by atoms with Gasteiger partial charge in [0.15, 0.2) is 5.84 Å². The molecule has 3 nitrogen and oxygen atoms in total. The molecule has 0 fully saturated rings. The highest BCUT2D eigenvalue weighted by Crippen LogP contribution is 2.40. The minimum Gasteiger partial charge on any atom is -0.392 e. The highest BCUT2D eigenvalue weighted by atomic mass is 19.1. The van der Waals surface area contributed by atoms with Crippen molar-refractivity contribution in [1.82, 2.24) is 0 Å². The fourth-order valence-corrected chi connectivity index (χ4v) is 3.27. The van der Waals surface area contributed by atoms with Gasteiger partial charge in [-0.2, -0.15) is 0 Å². The molecule has 0 heterocycles. The number of nitrogens with two attached hydrogens (primary N) is 1. The first-order valence-electron chi connectivity index (χ1n) is 9.12. The van der Waals surface area contributed by atoms with E-state index in [0.717, 1.165) is 0 Å². The van der Waals surface area contributed by atoms with Crippen molar-refractivity contribution < 1.29 is 18.0 Å². The Morgan fingerprint density at radius 2 is 1.03 bits per heavy atom. The van der Waals surface area contributed by atoms with E-state index in [9.17, 15) is 13.2 Å². The first kappa shape index (κ1) is 20.5. The molecule has 150 valence electrons. The molecule has 0 atom stereocenters. The molecule has 3 aromatic rings. The van der Waals surface area contributed by atoms with E-state index in [1.807, 2.05) is 0 Å². The lowest BCUT2D eigenvalue weighted by atomic mass is 9.68. The van der Waals surface area contributed by atoms with Gasteiger partial charge in [-0.25, -0.2) is 13.2 Å². The summed E-state index contributed by atoms with van der Waals surface area (Å²) in [5.74, 6) is -1.21. The Labute approximate surface area is 167 Å². The fourth-order valence-electron chi connectivity index (χ4n) is 3.27. The van der Waals surface area contributed by atoms with Crippen molar-refractivity contribution in [2.24, 2.45) is 10.9 Å². The summed E-state index contributed by atoms with van der Waals surface area (Å²) in [4.78, 5) is 5.39. The van der Waals surface area contributed by atoms with Gasteiger partial charge in [-0.15, -0.1) is 0 Å². The second-order valence-corrected chi connectivity index (χ2v) is 6.90. The molecular formula is C23H21F3N2O. The third kappa shape index (κ3) is 4.11. The Bertz CT molecular complexity index is 871. The molecule has 0 aromatic heterocycles. The minimum absolute atomic E-state index is 0.0519. The van der Waals surface area contributed by atoms with Crippen LogP contribution in [0.3, 0.4) is 0 Å². The van der Waals surface area contributed by atoms with E-state index in [1.165, 1.54) is 36.4 Å². The van der Waals surface area contributed by atoms with Crippen molar-refractivity contribution in [2.45, 2.75) is 25.4 Å². The summed E-state index contributed by atoms with van der Waals surface area (Å²) in [6.07, 6.45) is -0.235. The zero-order valence-corrected chi connectivity index (χ0v) is 16.1. The topological polar surface area (TPSA) is 47.6 Å². The van der Waals surface area contributed by atoms with Crippen molar-refractivity contribution in [1.29, 1.82) is 0 Å². The number of hydrogen-bond acceptors (Lipinski definition) is 2. The summed E-state index contributed by atoms with van der Waals surface area (Å²) in [7, 11) is 0. The lowest BCUT2D eigenvalue weighted by Gasteiger charge is -2.35. The van der Waals surface area contributed by atoms with Gasteiger partial charge in [0.2, 0.25) is 0 Å². The summed E-state index contributed by atoms with van der Waals surface area (Å²) in [6, 6.07) is 17.2. The number of rotatable bonds is 6. The van der Waals surface area contributed by atoms with Crippen LogP contribution in [0.25, 0.3) is 0 Å². The largest absolute Gasteiger partial charge is 0.392 e. The van der Waals surface area contributed by atoms with Gasteiger partial charge in [0.1, 0.15) is 29.0 Å². The molecule has 3 aromatic carbocycles. The van der Waals surface area contributed by atoms with Crippen LogP contribution in [0.5, 0.6) is 0 Å². The van der Waals surface area contributed by atoms with Crippen LogP contribution >= 0.6 is 0 Å². The average Bonchev–Trinajstić information content (AvgIpc) is 2.70.